The fraction of sp³-hybridized carbons (Fsp3) is 0.562. The van der Waals surface area contributed by atoms with Crippen LogP contribution in [-0.2, 0) is 14.3 Å². The lowest BCUT2D eigenvalue weighted by molar-refractivity contribution is -0.134. The lowest BCUT2D eigenvalue weighted by atomic mass is 10.2. The van der Waals surface area contributed by atoms with Crippen molar-refractivity contribution in [3.63, 3.8) is 0 Å². The van der Waals surface area contributed by atoms with Crippen LogP contribution in [0.15, 0.2) is 0 Å². The third-order valence-corrected chi connectivity index (χ3v) is 3.01. The van der Waals surface area contributed by atoms with E-state index < -0.39 is 40.8 Å². The minimum absolute atomic E-state index is 0.0754. The summed E-state index contributed by atoms with van der Waals surface area (Å²) in [6, 6.07) is 0. The fourth-order valence-electron chi connectivity index (χ4n) is 1.66. The summed E-state index contributed by atoms with van der Waals surface area (Å²) in [7, 11) is 3.26. The molecular weight excluding hydrogens is 365 g/mol. The molecule has 1 rings (SSSR count). The third kappa shape index (κ3) is 7.22. The van der Waals surface area contributed by atoms with Crippen molar-refractivity contribution >= 4 is 5.97 Å². The van der Waals surface area contributed by atoms with Crippen molar-refractivity contribution in [2.24, 2.45) is 5.73 Å². The van der Waals surface area contributed by atoms with Crippen LogP contribution in [0.25, 0.3) is 0 Å². The van der Waals surface area contributed by atoms with Gasteiger partial charge in [0.1, 0.15) is 0 Å². The van der Waals surface area contributed by atoms with E-state index in [2.05, 4.69) is 4.74 Å². The Bertz CT molecular complexity index is 553. The Labute approximate surface area is 148 Å². The molecule has 5 nitrogen and oxygen atoms in total. The molecule has 0 atom stereocenters. The van der Waals surface area contributed by atoms with Gasteiger partial charge in [0.15, 0.2) is 6.29 Å². The molecule has 0 aliphatic rings. The molecule has 150 valence electrons. The number of ether oxygens (including phenoxy) is 3. The molecule has 0 heterocycles. The van der Waals surface area contributed by atoms with Gasteiger partial charge in [-0.1, -0.05) is 6.92 Å². The van der Waals surface area contributed by atoms with Crippen LogP contribution in [0.4, 0.5) is 22.0 Å². The molecule has 0 amide bonds. The highest BCUT2D eigenvalue weighted by atomic mass is 19.2. The average Bonchev–Trinajstić information content (AvgIpc) is 2.63. The molecule has 1 aromatic rings. The molecule has 0 aliphatic heterocycles. The number of carbonyl (C=O) groups is 1. The summed E-state index contributed by atoms with van der Waals surface area (Å²) in [5, 5.41) is 0. The molecule has 2 N–H and O–H groups in total. The van der Waals surface area contributed by atoms with Gasteiger partial charge in [0.2, 0.25) is 34.8 Å². The van der Waals surface area contributed by atoms with Crippen LogP contribution in [0.3, 0.4) is 0 Å². The zero-order chi connectivity index (χ0) is 20.3. The molecule has 1 aromatic carbocycles. The summed E-state index contributed by atoms with van der Waals surface area (Å²) >= 11 is 0. The van der Waals surface area contributed by atoms with Gasteiger partial charge in [0.25, 0.3) is 0 Å². The number of hydrogen-bond acceptors (Lipinski definition) is 5. The summed E-state index contributed by atoms with van der Waals surface area (Å²) in [5.41, 5.74) is 5.28. The van der Waals surface area contributed by atoms with Gasteiger partial charge in [0.05, 0.1) is 0 Å². The summed E-state index contributed by atoms with van der Waals surface area (Å²) < 4.78 is 77.9. The van der Waals surface area contributed by atoms with Gasteiger partial charge in [-0.25, -0.2) is 13.2 Å². The van der Waals surface area contributed by atoms with E-state index in [1.165, 1.54) is 0 Å². The number of esters is 1. The van der Waals surface area contributed by atoms with Gasteiger partial charge < -0.3 is 19.9 Å². The zero-order valence-electron chi connectivity index (χ0n) is 14.7. The molecular formula is C16H22F5NO4. The molecule has 0 unspecified atom stereocenters. The number of halogens is 5. The Hall–Kier alpha value is -1.78. The lowest BCUT2D eigenvalue weighted by Gasteiger charge is -2.11. The molecule has 0 spiro atoms. The molecule has 0 saturated heterocycles. The van der Waals surface area contributed by atoms with Gasteiger partial charge in [0, 0.05) is 20.6 Å². The SMILES string of the molecule is CCCC(=O)Oc1c(F)c(F)c(F)c(F)c1F.COC(CCCN)OC. The Morgan fingerprint density at radius 1 is 0.962 bits per heavy atom. The lowest BCUT2D eigenvalue weighted by Crippen LogP contribution is -2.14. The number of rotatable bonds is 8. The minimum atomic E-state index is -2.30. The van der Waals surface area contributed by atoms with Crippen molar-refractivity contribution in [2.75, 3.05) is 20.8 Å². The predicted octanol–water partition coefficient (Wildman–Crippen LogP) is 3.43. The van der Waals surface area contributed by atoms with Crippen LogP contribution >= 0.6 is 0 Å². The Morgan fingerprint density at radius 2 is 1.42 bits per heavy atom. The Kier molecular flexibility index (Phi) is 11.7. The maximum atomic E-state index is 13.0. The highest BCUT2D eigenvalue weighted by Crippen LogP contribution is 2.29. The molecule has 26 heavy (non-hydrogen) atoms. The predicted molar refractivity (Wildman–Crippen MR) is 82.9 cm³/mol. The van der Waals surface area contributed by atoms with E-state index in [-0.39, 0.29) is 12.7 Å². The third-order valence-electron chi connectivity index (χ3n) is 3.01. The topological polar surface area (TPSA) is 70.8 Å². The first-order valence-electron chi connectivity index (χ1n) is 7.72. The molecule has 0 bridgehead atoms. The van der Waals surface area contributed by atoms with Crippen LogP contribution in [0.2, 0.25) is 0 Å². The smallest absolute Gasteiger partial charge is 0.311 e. The van der Waals surface area contributed by atoms with E-state index >= 15 is 0 Å². The molecule has 0 saturated carbocycles. The van der Waals surface area contributed by atoms with Gasteiger partial charge in [-0.3, -0.25) is 4.79 Å². The standard InChI is InChI=1S/C10H7F5O2.C6H15NO2/c1-2-3-4(16)17-10-8(14)6(12)5(11)7(13)9(10)15;1-8-6(9-2)4-3-5-7/h2-3H2,1H3;6H,3-5,7H2,1-2H3. The maximum absolute atomic E-state index is 13.0. The fourth-order valence-corrected chi connectivity index (χ4v) is 1.66. The molecule has 0 radical (unpaired) electrons. The van der Waals surface area contributed by atoms with E-state index in [9.17, 15) is 26.7 Å². The minimum Gasteiger partial charge on any atom is -0.420 e. The van der Waals surface area contributed by atoms with E-state index in [0.717, 1.165) is 12.8 Å². The number of nitrogens with two attached hydrogens (primary N) is 1. The van der Waals surface area contributed by atoms with Crippen LogP contribution in [-0.4, -0.2) is 33.0 Å². The first kappa shape index (κ1) is 24.2. The molecule has 0 aromatic heterocycles. The van der Waals surface area contributed by atoms with Crippen molar-refractivity contribution in [3.8, 4) is 5.75 Å². The van der Waals surface area contributed by atoms with Crippen LogP contribution in [0, 0.1) is 29.1 Å². The zero-order valence-corrected chi connectivity index (χ0v) is 14.7. The van der Waals surface area contributed by atoms with Gasteiger partial charge >= 0.3 is 5.97 Å². The largest absolute Gasteiger partial charge is 0.420 e. The van der Waals surface area contributed by atoms with Crippen LogP contribution in [0.5, 0.6) is 5.75 Å². The number of carbonyl (C=O) groups excluding carboxylic acids is 1. The van der Waals surface area contributed by atoms with E-state index in [0.29, 0.717) is 13.0 Å². The van der Waals surface area contributed by atoms with E-state index in [1.54, 1.807) is 21.1 Å². The number of hydrogen-bond donors (Lipinski definition) is 1. The molecule has 10 heteroatoms. The second kappa shape index (κ2) is 12.6. The summed E-state index contributed by atoms with van der Waals surface area (Å²) in [4.78, 5) is 10.9. The van der Waals surface area contributed by atoms with Crippen LogP contribution < -0.4 is 10.5 Å². The molecule has 0 aliphatic carbocycles. The summed E-state index contributed by atoms with van der Waals surface area (Å²) in [6.45, 7) is 2.28. The van der Waals surface area contributed by atoms with Crippen molar-refractivity contribution in [1.82, 2.24) is 0 Å². The van der Waals surface area contributed by atoms with Crippen molar-refractivity contribution in [2.45, 2.75) is 38.9 Å². The van der Waals surface area contributed by atoms with E-state index in [1.807, 2.05) is 0 Å². The second-order valence-electron chi connectivity index (χ2n) is 4.95. The molecule has 0 fully saturated rings. The Balaban J connectivity index is 0.000000590. The maximum Gasteiger partial charge on any atom is 0.311 e. The van der Waals surface area contributed by atoms with Gasteiger partial charge in [-0.2, -0.15) is 8.78 Å². The monoisotopic (exact) mass is 387 g/mol. The number of methoxy groups -OCH3 is 2. The second-order valence-corrected chi connectivity index (χ2v) is 4.95. The first-order valence-corrected chi connectivity index (χ1v) is 7.72. The highest BCUT2D eigenvalue weighted by molar-refractivity contribution is 5.72. The summed E-state index contributed by atoms with van der Waals surface area (Å²) in [6.07, 6.45) is 1.87. The van der Waals surface area contributed by atoms with Crippen molar-refractivity contribution < 1.29 is 41.0 Å². The average molecular weight is 387 g/mol. The normalized spacial score (nSPS) is 10.5. The van der Waals surface area contributed by atoms with Gasteiger partial charge in [-0.05, 0) is 25.8 Å². The van der Waals surface area contributed by atoms with Crippen LogP contribution in [0.1, 0.15) is 32.6 Å². The van der Waals surface area contributed by atoms with Crippen molar-refractivity contribution in [3.05, 3.63) is 29.1 Å². The summed E-state index contributed by atoms with van der Waals surface area (Å²) in [5.74, 6) is -13.6. The quantitative estimate of drug-likeness (QED) is 0.185. The van der Waals surface area contributed by atoms with Crippen molar-refractivity contribution in [1.29, 1.82) is 0 Å². The highest BCUT2D eigenvalue weighted by Gasteiger charge is 2.28. The number of benzene rings is 1. The Morgan fingerprint density at radius 3 is 1.81 bits per heavy atom. The van der Waals surface area contributed by atoms with E-state index in [4.69, 9.17) is 15.2 Å². The van der Waals surface area contributed by atoms with Gasteiger partial charge in [-0.15, -0.1) is 0 Å². The first-order chi connectivity index (χ1) is 12.2.